The highest BCUT2D eigenvalue weighted by molar-refractivity contribution is 14.1. The highest BCUT2D eigenvalue weighted by atomic mass is 127. The number of anilines is 1. The predicted octanol–water partition coefficient (Wildman–Crippen LogP) is 5.99. The number of ether oxygens (including phenoxy) is 1. The van der Waals surface area contributed by atoms with E-state index in [0.717, 1.165) is 24.9 Å². The molecule has 142 valence electrons. The van der Waals surface area contributed by atoms with Gasteiger partial charge in [0.1, 0.15) is 12.4 Å². The fourth-order valence-corrected chi connectivity index (χ4v) is 3.25. The number of hydrogen-bond donors (Lipinski definition) is 1. The van der Waals surface area contributed by atoms with Crippen molar-refractivity contribution in [2.45, 2.75) is 6.61 Å². The van der Waals surface area contributed by atoms with Gasteiger partial charge in [-0.3, -0.25) is 15.5 Å². The molecule has 3 aromatic carbocycles. The summed E-state index contributed by atoms with van der Waals surface area (Å²) in [7, 11) is 0. The zero-order chi connectivity index (χ0) is 19.9. The van der Waals surface area contributed by atoms with Crippen LogP contribution in [0.2, 0.25) is 0 Å². The van der Waals surface area contributed by atoms with E-state index in [1.165, 1.54) is 12.1 Å². The molecule has 0 bridgehead atoms. The van der Waals surface area contributed by atoms with Crippen LogP contribution in [0.4, 0.5) is 11.4 Å². The van der Waals surface area contributed by atoms with Gasteiger partial charge in [-0.1, -0.05) is 28.1 Å². The number of benzene rings is 3. The second-order valence-corrected chi connectivity index (χ2v) is 7.86. The van der Waals surface area contributed by atoms with Gasteiger partial charge in [0.25, 0.3) is 5.69 Å². The number of nitro groups is 1. The van der Waals surface area contributed by atoms with E-state index in [0.29, 0.717) is 12.3 Å². The number of nitro benzene ring substituents is 1. The molecular weight excluding hydrogens is 537 g/mol. The molecule has 0 atom stereocenters. The molecule has 28 heavy (non-hydrogen) atoms. The number of non-ortho nitro benzene ring substituents is 1. The topological polar surface area (TPSA) is 76.8 Å². The van der Waals surface area contributed by atoms with E-state index >= 15 is 0 Å². The minimum atomic E-state index is -0.435. The van der Waals surface area contributed by atoms with E-state index < -0.39 is 4.92 Å². The monoisotopic (exact) mass is 551 g/mol. The fraction of sp³-hybridized carbons (Fsp3) is 0.0500. The van der Waals surface area contributed by atoms with Crippen molar-refractivity contribution >= 4 is 56.1 Å². The molecule has 0 aliphatic heterocycles. The van der Waals surface area contributed by atoms with Crippen molar-refractivity contribution in [3.05, 3.63) is 96.0 Å². The zero-order valence-corrected chi connectivity index (χ0v) is 18.3. The van der Waals surface area contributed by atoms with Crippen LogP contribution in [0.1, 0.15) is 11.1 Å². The lowest BCUT2D eigenvalue weighted by atomic mass is 10.2. The number of rotatable bonds is 7. The molecule has 6 nitrogen and oxygen atoms in total. The van der Waals surface area contributed by atoms with E-state index in [4.69, 9.17) is 4.74 Å². The van der Waals surface area contributed by atoms with Crippen LogP contribution in [0.25, 0.3) is 0 Å². The summed E-state index contributed by atoms with van der Waals surface area (Å²) in [5.41, 5.74) is 5.58. The molecule has 0 amide bonds. The van der Waals surface area contributed by atoms with Gasteiger partial charge in [0, 0.05) is 16.6 Å². The van der Waals surface area contributed by atoms with Gasteiger partial charge in [-0.15, -0.1) is 0 Å². The van der Waals surface area contributed by atoms with Gasteiger partial charge < -0.3 is 4.74 Å². The molecular formula is C20H15BrIN3O3. The van der Waals surface area contributed by atoms with Crippen LogP contribution in [0.3, 0.4) is 0 Å². The van der Waals surface area contributed by atoms with E-state index in [1.54, 1.807) is 18.3 Å². The van der Waals surface area contributed by atoms with Gasteiger partial charge >= 0.3 is 0 Å². The maximum atomic E-state index is 10.7. The Hall–Kier alpha value is -2.46. The summed E-state index contributed by atoms with van der Waals surface area (Å²) in [6, 6.07) is 19.9. The summed E-state index contributed by atoms with van der Waals surface area (Å²) in [5, 5.41) is 14.8. The van der Waals surface area contributed by atoms with Gasteiger partial charge in [0.05, 0.1) is 20.4 Å². The summed E-state index contributed by atoms with van der Waals surface area (Å²) >= 11 is 5.65. The Labute approximate surface area is 184 Å². The minimum absolute atomic E-state index is 0.0443. The summed E-state index contributed by atoms with van der Waals surface area (Å²) in [5.74, 6) is 0.809. The molecule has 0 unspecified atom stereocenters. The summed E-state index contributed by atoms with van der Waals surface area (Å²) in [6.07, 6.45) is 1.68. The van der Waals surface area contributed by atoms with Crippen LogP contribution < -0.4 is 10.2 Å². The highest BCUT2D eigenvalue weighted by Gasteiger charge is 2.04. The van der Waals surface area contributed by atoms with Crippen LogP contribution in [-0.4, -0.2) is 11.1 Å². The lowest BCUT2D eigenvalue weighted by molar-refractivity contribution is -0.384. The molecule has 0 aliphatic rings. The molecule has 0 aromatic heterocycles. The van der Waals surface area contributed by atoms with Crippen LogP contribution in [0.15, 0.2) is 76.3 Å². The third kappa shape index (κ3) is 5.77. The smallest absolute Gasteiger partial charge is 0.269 e. The molecule has 0 saturated carbocycles. The SMILES string of the molecule is O=[N+]([O-])c1ccc(N/N=C/c2ccc(OCc3ccc(Br)cc3)c(I)c2)cc1. The van der Waals surface area contributed by atoms with E-state index in [1.807, 2.05) is 42.5 Å². The Kier molecular flexibility index (Phi) is 6.99. The van der Waals surface area contributed by atoms with E-state index in [9.17, 15) is 10.1 Å². The molecule has 3 aromatic rings. The van der Waals surface area contributed by atoms with Gasteiger partial charge in [-0.2, -0.15) is 5.10 Å². The van der Waals surface area contributed by atoms with Crippen LogP contribution >= 0.6 is 38.5 Å². The third-order valence-electron chi connectivity index (χ3n) is 3.75. The van der Waals surface area contributed by atoms with Crippen LogP contribution in [-0.2, 0) is 6.61 Å². The Bertz CT molecular complexity index is 993. The van der Waals surface area contributed by atoms with Crippen molar-refractivity contribution < 1.29 is 9.66 Å². The second kappa shape index (κ2) is 9.65. The fourth-order valence-electron chi connectivity index (χ4n) is 2.30. The first-order valence-electron chi connectivity index (χ1n) is 8.21. The summed E-state index contributed by atoms with van der Waals surface area (Å²) in [6.45, 7) is 0.498. The predicted molar refractivity (Wildman–Crippen MR) is 122 cm³/mol. The molecule has 0 aliphatic carbocycles. The van der Waals surface area contributed by atoms with Gasteiger partial charge in [-0.25, -0.2) is 0 Å². The first kappa shape index (κ1) is 20.3. The first-order valence-corrected chi connectivity index (χ1v) is 10.1. The van der Waals surface area contributed by atoms with Crippen molar-refractivity contribution in [2.75, 3.05) is 5.43 Å². The average molecular weight is 552 g/mol. The third-order valence-corrected chi connectivity index (χ3v) is 5.12. The standard InChI is InChI=1S/C20H15BrIN3O3/c21-16-4-1-14(2-5-16)13-28-20-10-3-15(11-19(20)22)12-23-24-17-6-8-18(9-7-17)25(26)27/h1-12,24H,13H2/b23-12+. The highest BCUT2D eigenvalue weighted by Crippen LogP contribution is 2.23. The second-order valence-electron chi connectivity index (χ2n) is 5.78. The number of hydrogen-bond acceptors (Lipinski definition) is 5. The average Bonchev–Trinajstić information content (AvgIpc) is 2.69. The lowest BCUT2D eigenvalue weighted by Crippen LogP contribution is -1.98. The Morgan fingerprint density at radius 3 is 2.46 bits per heavy atom. The van der Waals surface area contributed by atoms with Gasteiger partial charge in [0.15, 0.2) is 0 Å². The number of nitrogens with zero attached hydrogens (tertiary/aromatic N) is 2. The first-order chi connectivity index (χ1) is 13.5. The quantitative estimate of drug-likeness (QED) is 0.169. The number of nitrogens with one attached hydrogen (secondary N) is 1. The Morgan fingerprint density at radius 2 is 1.82 bits per heavy atom. The lowest BCUT2D eigenvalue weighted by Gasteiger charge is -2.09. The van der Waals surface area contributed by atoms with Gasteiger partial charge in [0.2, 0.25) is 0 Å². The summed E-state index contributed by atoms with van der Waals surface area (Å²) in [4.78, 5) is 10.2. The van der Waals surface area contributed by atoms with Gasteiger partial charge in [-0.05, 0) is 76.2 Å². The molecule has 0 radical (unpaired) electrons. The van der Waals surface area contributed by atoms with Crippen molar-refractivity contribution in [3.8, 4) is 5.75 Å². The molecule has 3 rings (SSSR count). The Balaban J connectivity index is 1.57. The number of halogens is 2. The maximum Gasteiger partial charge on any atom is 0.269 e. The van der Waals surface area contributed by atoms with E-state index in [-0.39, 0.29) is 5.69 Å². The van der Waals surface area contributed by atoms with Crippen molar-refractivity contribution in [1.82, 2.24) is 0 Å². The van der Waals surface area contributed by atoms with Crippen LogP contribution in [0.5, 0.6) is 5.75 Å². The summed E-state index contributed by atoms with van der Waals surface area (Å²) < 4.78 is 7.90. The molecule has 8 heteroatoms. The molecule has 0 saturated heterocycles. The Morgan fingerprint density at radius 1 is 1.11 bits per heavy atom. The van der Waals surface area contributed by atoms with E-state index in [2.05, 4.69) is 49.0 Å². The molecule has 0 spiro atoms. The molecule has 0 fully saturated rings. The maximum absolute atomic E-state index is 10.7. The molecule has 0 heterocycles. The van der Waals surface area contributed by atoms with Crippen molar-refractivity contribution in [1.29, 1.82) is 0 Å². The minimum Gasteiger partial charge on any atom is -0.488 e. The number of hydrazone groups is 1. The largest absolute Gasteiger partial charge is 0.488 e. The van der Waals surface area contributed by atoms with Crippen molar-refractivity contribution in [2.24, 2.45) is 5.10 Å². The normalized spacial score (nSPS) is 10.8. The zero-order valence-electron chi connectivity index (χ0n) is 14.5. The van der Waals surface area contributed by atoms with Crippen LogP contribution in [0, 0.1) is 13.7 Å². The molecule has 1 N–H and O–H groups in total. The van der Waals surface area contributed by atoms with Crippen molar-refractivity contribution in [3.63, 3.8) is 0 Å².